The van der Waals surface area contributed by atoms with E-state index in [0.717, 1.165) is 12.8 Å². The molecule has 5 nitrogen and oxygen atoms in total. The Morgan fingerprint density at radius 3 is 2.86 bits per heavy atom. The molecule has 1 aliphatic heterocycles. The van der Waals surface area contributed by atoms with E-state index in [1.165, 1.54) is 4.90 Å². The molecule has 14 heavy (non-hydrogen) atoms. The average Bonchev–Trinajstić information content (AvgIpc) is 2.17. The molecule has 1 rings (SSSR count). The Labute approximate surface area is 83.2 Å². The Hall–Kier alpha value is -1.10. The smallest absolute Gasteiger partial charge is 0.397 e. The normalized spacial score (nSPS) is 21.9. The van der Waals surface area contributed by atoms with E-state index >= 15 is 0 Å². The van der Waals surface area contributed by atoms with Crippen LogP contribution in [0.3, 0.4) is 0 Å². The molecule has 0 aromatic carbocycles. The topological polar surface area (TPSA) is 72.6 Å². The highest BCUT2D eigenvalue weighted by molar-refractivity contribution is 6.32. The number of amides is 1. The minimum absolute atomic E-state index is 0.0119. The van der Waals surface area contributed by atoms with E-state index in [2.05, 4.69) is 4.74 Å². The fourth-order valence-corrected chi connectivity index (χ4v) is 1.52. The van der Waals surface area contributed by atoms with Gasteiger partial charge in [0.25, 0.3) is 0 Å². The standard InChI is InChI=1S/C9H16N2O3/c1-2-14-9(13)8(12)11-5-3-4-7(10)6-11/h7H,2-6,10H2,1H3/t7-/m1/s1. The van der Waals surface area contributed by atoms with E-state index in [1.54, 1.807) is 6.92 Å². The summed E-state index contributed by atoms with van der Waals surface area (Å²) in [7, 11) is 0. The van der Waals surface area contributed by atoms with E-state index in [1.807, 2.05) is 0 Å². The van der Waals surface area contributed by atoms with Gasteiger partial charge in [-0.05, 0) is 19.8 Å². The second-order valence-corrected chi connectivity index (χ2v) is 3.37. The van der Waals surface area contributed by atoms with Crippen molar-refractivity contribution in [1.29, 1.82) is 0 Å². The SMILES string of the molecule is CCOC(=O)C(=O)N1CCC[C@@H](N)C1. The molecule has 1 saturated heterocycles. The summed E-state index contributed by atoms with van der Waals surface area (Å²) in [5.74, 6) is -1.34. The zero-order valence-electron chi connectivity index (χ0n) is 8.36. The Morgan fingerprint density at radius 2 is 2.29 bits per heavy atom. The molecule has 0 radical (unpaired) electrons. The summed E-state index contributed by atoms with van der Waals surface area (Å²) < 4.78 is 4.62. The van der Waals surface area contributed by atoms with Gasteiger partial charge >= 0.3 is 11.9 Å². The summed E-state index contributed by atoms with van der Waals surface area (Å²) in [6.07, 6.45) is 1.76. The molecular formula is C9H16N2O3. The highest BCUT2D eigenvalue weighted by atomic mass is 16.5. The lowest BCUT2D eigenvalue weighted by molar-refractivity contribution is -0.160. The van der Waals surface area contributed by atoms with Crippen molar-refractivity contribution in [3.63, 3.8) is 0 Å². The minimum atomic E-state index is -0.776. The van der Waals surface area contributed by atoms with Gasteiger partial charge in [-0.2, -0.15) is 0 Å². The lowest BCUT2D eigenvalue weighted by Gasteiger charge is -2.29. The summed E-state index contributed by atoms with van der Waals surface area (Å²) in [4.78, 5) is 24.0. The number of hydrogen-bond acceptors (Lipinski definition) is 4. The molecular weight excluding hydrogens is 184 g/mol. The summed E-state index contributed by atoms with van der Waals surface area (Å²) in [6.45, 7) is 2.96. The fraction of sp³-hybridized carbons (Fsp3) is 0.778. The van der Waals surface area contributed by atoms with Gasteiger partial charge in [0.1, 0.15) is 0 Å². The summed E-state index contributed by atoms with van der Waals surface area (Å²) in [5.41, 5.74) is 5.69. The van der Waals surface area contributed by atoms with Crippen LogP contribution in [0.1, 0.15) is 19.8 Å². The van der Waals surface area contributed by atoms with Crippen LogP contribution in [0, 0.1) is 0 Å². The van der Waals surface area contributed by atoms with Crippen LogP contribution in [0.25, 0.3) is 0 Å². The molecule has 1 amide bonds. The third kappa shape index (κ3) is 2.70. The Bertz CT molecular complexity index is 230. The predicted octanol–water partition coefficient (Wildman–Crippen LogP) is -0.501. The number of likely N-dealkylation sites (tertiary alicyclic amines) is 1. The zero-order valence-corrected chi connectivity index (χ0v) is 8.36. The van der Waals surface area contributed by atoms with Crippen molar-refractivity contribution >= 4 is 11.9 Å². The van der Waals surface area contributed by atoms with E-state index in [0.29, 0.717) is 13.1 Å². The van der Waals surface area contributed by atoms with Gasteiger partial charge in [0, 0.05) is 19.1 Å². The van der Waals surface area contributed by atoms with Crippen molar-refractivity contribution < 1.29 is 14.3 Å². The third-order valence-electron chi connectivity index (χ3n) is 2.20. The zero-order chi connectivity index (χ0) is 10.6. The van der Waals surface area contributed by atoms with Gasteiger partial charge < -0.3 is 15.4 Å². The number of nitrogens with zero attached hydrogens (tertiary/aromatic N) is 1. The van der Waals surface area contributed by atoms with Gasteiger partial charge in [0.2, 0.25) is 0 Å². The van der Waals surface area contributed by atoms with Crippen LogP contribution in [0.15, 0.2) is 0 Å². The van der Waals surface area contributed by atoms with Crippen LogP contribution in [-0.4, -0.2) is 42.5 Å². The average molecular weight is 200 g/mol. The molecule has 1 fully saturated rings. The maximum Gasteiger partial charge on any atom is 0.397 e. The molecule has 1 atom stereocenters. The van der Waals surface area contributed by atoms with Crippen molar-refractivity contribution in [2.45, 2.75) is 25.8 Å². The second-order valence-electron chi connectivity index (χ2n) is 3.37. The first-order valence-electron chi connectivity index (χ1n) is 4.86. The molecule has 80 valence electrons. The predicted molar refractivity (Wildman–Crippen MR) is 50.4 cm³/mol. The number of ether oxygens (including phenoxy) is 1. The highest BCUT2D eigenvalue weighted by Crippen LogP contribution is 2.08. The van der Waals surface area contributed by atoms with Gasteiger partial charge in [-0.3, -0.25) is 4.79 Å². The quantitative estimate of drug-likeness (QED) is 0.457. The number of carbonyl (C=O) groups is 2. The van der Waals surface area contributed by atoms with Crippen LogP contribution in [0.2, 0.25) is 0 Å². The van der Waals surface area contributed by atoms with E-state index in [-0.39, 0.29) is 12.6 Å². The lowest BCUT2D eigenvalue weighted by Crippen LogP contribution is -2.48. The van der Waals surface area contributed by atoms with Gasteiger partial charge in [0.05, 0.1) is 6.61 Å². The summed E-state index contributed by atoms with van der Waals surface area (Å²) >= 11 is 0. The molecule has 1 aliphatic rings. The molecule has 2 N–H and O–H groups in total. The maximum atomic E-state index is 11.4. The largest absolute Gasteiger partial charge is 0.459 e. The molecule has 0 aromatic rings. The second kappa shape index (κ2) is 4.95. The first kappa shape index (κ1) is 11.0. The van der Waals surface area contributed by atoms with Crippen LogP contribution >= 0.6 is 0 Å². The van der Waals surface area contributed by atoms with Crippen LogP contribution in [-0.2, 0) is 14.3 Å². The van der Waals surface area contributed by atoms with Crippen LogP contribution in [0.5, 0.6) is 0 Å². The Morgan fingerprint density at radius 1 is 1.57 bits per heavy atom. The fourth-order valence-electron chi connectivity index (χ4n) is 1.52. The van der Waals surface area contributed by atoms with Crippen molar-refractivity contribution in [2.24, 2.45) is 5.73 Å². The minimum Gasteiger partial charge on any atom is -0.459 e. The molecule has 0 aromatic heterocycles. The molecule has 0 bridgehead atoms. The Kier molecular flexibility index (Phi) is 3.88. The molecule has 5 heteroatoms. The van der Waals surface area contributed by atoms with E-state index < -0.39 is 11.9 Å². The Balaban J connectivity index is 2.47. The van der Waals surface area contributed by atoms with Crippen molar-refractivity contribution in [2.75, 3.05) is 19.7 Å². The number of piperidine rings is 1. The van der Waals surface area contributed by atoms with Crippen molar-refractivity contribution in [3.05, 3.63) is 0 Å². The van der Waals surface area contributed by atoms with E-state index in [9.17, 15) is 9.59 Å². The van der Waals surface area contributed by atoms with Gasteiger partial charge in [-0.25, -0.2) is 4.79 Å². The van der Waals surface area contributed by atoms with Gasteiger partial charge in [0.15, 0.2) is 0 Å². The first-order chi connectivity index (χ1) is 6.65. The molecule has 0 saturated carbocycles. The first-order valence-corrected chi connectivity index (χ1v) is 4.86. The highest BCUT2D eigenvalue weighted by Gasteiger charge is 2.26. The third-order valence-corrected chi connectivity index (χ3v) is 2.20. The number of carbonyl (C=O) groups excluding carboxylic acids is 2. The van der Waals surface area contributed by atoms with Gasteiger partial charge in [-0.15, -0.1) is 0 Å². The van der Waals surface area contributed by atoms with Gasteiger partial charge in [-0.1, -0.05) is 0 Å². The van der Waals surface area contributed by atoms with E-state index in [4.69, 9.17) is 5.73 Å². The monoisotopic (exact) mass is 200 g/mol. The van der Waals surface area contributed by atoms with Crippen molar-refractivity contribution in [3.8, 4) is 0 Å². The number of nitrogens with two attached hydrogens (primary N) is 1. The summed E-state index contributed by atoms with van der Waals surface area (Å²) in [6, 6.07) is -0.0119. The number of hydrogen-bond donors (Lipinski definition) is 1. The van der Waals surface area contributed by atoms with Crippen LogP contribution in [0.4, 0.5) is 0 Å². The number of esters is 1. The van der Waals surface area contributed by atoms with Crippen LogP contribution < -0.4 is 5.73 Å². The van der Waals surface area contributed by atoms with Crippen molar-refractivity contribution in [1.82, 2.24) is 4.90 Å². The molecule has 1 heterocycles. The molecule has 0 aliphatic carbocycles. The maximum absolute atomic E-state index is 11.4. The summed E-state index contributed by atoms with van der Waals surface area (Å²) in [5, 5.41) is 0. The number of rotatable bonds is 1. The molecule has 0 unspecified atom stereocenters. The molecule has 0 spiro atoms. The lowest BCUT2D eigenvalue weighted by atomic mass is 10.1.